The maximum absolute atomic E-state index is 13.1. The van der Waals surface area contributed by atoms with Gasteiger partial charge in [0.2, 0.25) is 10.0 Å². The number of rotatable bonds is 3. The van der Waals surface area contributed by atoms with Gasteiger partial charge in [0, 0.05) is 16.5 Å². The molecule has 0 bridgehead atoms. The Labute approximate surface area is 130 Å². The van der Waals surface area contributed by atoms with Gasteiger partial charge < -0.3 is 4.42 Å². The summed E-state index contributed by atoms with van der Waals surface area (Å²) in [7, 11) is -3.73. The third-order valence-electron chi connectivity index (χ3n) is 3.53. The van der Waals surface area contributed by atoms with Crippen LogP contribution in [0.4, 0.5) is 4.39 Å². The maximum atomic E-state index is 13.1. The van der Waals surface area contributed by atoms with Crippen LogP contribution in [0.1, 0.15) is 30.2 Å². The number of nitrogens with one attached hydrogen (secondary N) is 1. The number of benzene rings is 1. The van der Waals surface area contributed by atoms with Crippen LogP contribution in [0.15, 0.2) is 44.3 Å². The molecule has 0 spiro atoms. The minimum atomic E-state index is -3.73. The number of hydrogen-bond donors (Lipinski definition) is 1. The van der Waals surface area contributed by atoms with Crippen molar-refractivity contribution in [3.05, 3.63) is 52.1 Å². The van der Waals surface area contributed by atoms with Gasteiger partial charge in [-0.25, -0.2) is 17.5 Å². The Hall–Kier alpha value is -1.18. The first-order chi connectivity index (χ1) is 9.97. The molecule has 2 aromatic rings. The van der Waals surface area contributed by atoms with E-state index in [-0.39, 0.29) is 15.4 Å². The van der Waals surface area contributed by atoms with E-state index in [2.05, 4.69) is 20.7 Å². The summed E-state index contributed by atoms with van der Waals surface area (Å²) in [6, 6.07) is 5.00. The first-order valence-corrected chi connectivity index (χ1v) is 8.78. The van der Waals surface area contributed by atoms with E-state index in [0.29, 0.717) is 6.42 Å². The zero-order valence-electron chi connectivity index (χ0n) is 11.0. The quantitative estimate of drug-likeness (QED) is 0.894. The van der Waals surface area contributed by atoms with Crippen molar-refractivity contribution in [3.8, 4) is 0 Å². The van der Waals surface area contributed by atoms with Gasteiger partial charge in [0.25, 0.3) is 0 Å². The predicted molar refractivity (Wildman–Crippen MR) is 78.8 cm³/mol. The topological polar surface area (TPSA) is 59.3 Å². The van der Waals surface area contributed by atoms with Crippen LogP contribution in [-0.2, 0) is 16.4 Å². The first-order valence-electron chi connectivity index (χ1n) is 6.51. The van der Waals surface area contributed by atoms with Gasteiger partial charge in [-0.05, 0) is 53.0 Å². The van der Waals surface area contributed by atoms with Crippen LogP contribution in [-0.4, -0.2) is 8.42 Å². The molecule has 0 radical (unpaired) electrons. The van der Waals surface area contributed by atoms with Crippen molar-refractivity contribution < 1.29 is 17.2 Å². The zero-order valence-corrected chi connectivity index (χ0v) is 13.4. The molecule has 0 saturated heterocycles. The third kappa shape index (κ3) is 2.90. The lowest BCUT2D eigenvalue weighted by Gasteiger charge is -2.22. The number of fused-ring (bicyclic) bond motifs is 1. The predicted octanol–water partition coefficient (Wildman–Crippen LogP) is 3.54. The SMILES string of the molecule is O=S(=O)(NC1CCCc2occc21)c1ccc(F)cc1Br. The smallest absolute Gasteiger partial charge is 0.242 e. The van der Waals surface area contributed by atoms with Gasteiger partial charge in [0.05, 0.1) is 17.2 Å². The van der Waals surface area contributed by atoms with Gasteiger partial charge in [-0.1, -0.05) is 0 Å². The van der Waals surface area contributed by atoms with Gasteiger partial charge in [0.1, 0.15) is 11.6 Å². The molecule has 0 amide bonds. The molecule has 1 aliphatic rings. The van der Waals surface area contributed by atoms with Crippen molar-refractivity contribution in [2.75, 3.05) is 0 Å². The van der Waals surface area contributed by atoms with Crippen LogP contribution in [0.2, 0.25) is 0 Å². The summed E-state index contributed by atoms with van der Waals surface area (Å²) >= 11 is 3.09. The molecule has 1 N–H and O–H groups in total. The lowest BCUT2D eigenvalue weighted by molar-refractivity contribution is 0.438. The maximum Gasteiger partial charge on any atom is 0.242 e. The minimum Gasteiger partial charge on any atom is -0.469 e. The van der Waals surface area contributed by atoms with E-state index in [0.717, 1.165) is 36.3 Å². The molecule has 1 unspecified atom stereocenters. The second kappa shape index (κ2) is 5.55. The molecule has 1 aromatic carbocycles. The second-order valence-electron chi connectivity index (χ2n) is 4.94. The van der Waals surface area contributed by atoms with Crippen LogP contribution in [0.5, 0.6) is 0 Å². The molecule has 4 nitrogen and oxygen atoms in total. The Kier molecular flexibility index (Phi) is 3.90. The summed E-state index contributed by atoms with van der Waals surface area (Å²) in [5.41, 5.74) is 0.878. The van der Waals surface area contributed by atoms with Crippen molar-refractivity contribution in [1.82, 2.24) is 4.72 Å². The normalized spacial score (nSPS) is 18.5. The highest BCUT2D eigenvalue weighted by Gasteiger charge is 2.28. The molecule has 0 saturated carbocycles. The molecule has 7 heteroatoms. The molecule has 1 aromatic heterocycles. The Morgan fingerprint density at radius 1 is 1.33 bits per heavy atom. The minimum absolute atomic E-state index is 0.0273. The van der Waals surface area contributed by atoms with Crippen LogP contribution in [0.3, 0.4) is 0 Å². The van der Waals surface area contributed by atoms with Gasteiger partial charge in [-0.2, -0.15) is 0 Å². The van der Waals surface area contributed by atoms with Crippen LogP contribution < -0.4 is 4.72 Å². The third-order valence-corrected chi connectivity index (χ3v) is 5.98. The molecule has 0 fully saturated rings. The number of aryl methyl sites for hydroxylation is 1. The van der Waals surface area contributed by atoms with E-state index in [1.807, 2.05) is 0 Å². The van der Waals surface area contributed by atoms with Gasteiger partial charge in [-0.15, -0.1) is 0 Å². The average Bonchev–Trinajstić information content (AvgIpc) is 2.87. The largest absolute Gasteiger partial charge is 0.469 e. The molecule has 21 heavy (non-hydrogen) atoms. The molecule has 112 valence electrons. The van der Waals surface area contributed by atoms with Crippen LogP contribution in [0.25, 0.3) is 0 Å². The van der Waals surface area contributed by atoms with Crippen molar-refractivity contribution in [2.45, 2.75) is 30.2 Å². The Morgan fingerprint density at radius 2 is 2.14 bits per heavy atom. The number of furan rings is 1. The molecule has 0 aliphatic heterocycles. The molecular formula is C14H13BrFNO3S. The van der Waals surface area contributed by atoms with Gasteiger partial charge in [0.15, 0.2) is 0 Å². The van der Waals surface area contributed by atoms with Crippen LogP contribution in [0, 0.1) is 5.82 Å². The number of hydrogen-bond acceptors (Lipinski definition) is 3. The van der Waals surface area contributed by atoms with Crippen molar-refractivity contribution in [1.29, 1.82) is 0 Å². The summed E-state index contributed by atoms with van der Waals surface area (Å²) in [5, 5.41) is 0. The lowest BCUT2D eigenvalue weighted by atomic mass is 9.94. The van der Waals surface area contributed by atoms with Crippen LogP contribution >= 0.6 is 15.9 Å². The molecule has 1 aliphatic carbocycles. The standard InChI is InChI=1S/C14H13BrFNO3S/c15-11-8-9(16)4-5-14(11)21(18,19)17-12-2-1-3-13-10(12)6-7-20-13/h4-8,12,17H,1-3H2. The fraction of sp³-hybridized carbons (Fsp3) is 0.286. The van der Waals surface area contributed by atoms with Gasteiger partial charge >= 0.3 is 0 Å². The zero-order chi connectivity index (χ0) is 15.0. The monoisotopic (exact) mass is 373 g/mol. The van der Waals surface area contributed by atoms with Crippen molar-refractivity contribution in [2.24, 2.45) is 0 Å². The molecular weight excluding hydrogens is 361 g/mol. The molecule has 1 heterocycles. The fourth-order valence-electron chi connectivity index (χ4n) is 2.55. The van der Waals surface area contributed by atoms with E-state index in [1.54, 1.807) is 12.3 Å². The Bertz CT molecular complexity index is 772. The summed E-state index contributed by atoms with van der Waals surface area (Å²) in [5.74, 6) is 0.336. The number of sulfonamides is 1. The fourth-order valence-corrected chi connectivity index (χ4v) is 4.85. The van der Waals surface area contributed by atoms with E-state index >= 15 is 0 Å². The van der Waals surface area contributed by atoms with Gasteiger partial charge in [-0.3, -0.25) is 0 Å². The first kappa shape index (κ1) is 14.7. The highest BCUT2D eigenvalue weighted by molar-refractivity contribution is 9.10. The van der Waals surface area contributed by atoms with E-state index in [9.17, 15) is 12.8 Å². The van der Waals surface area contributed by atoms with E-state index in [1.165, 1.54) is 6.07 Å². The number of halogens is 2. The summed E-state index contributed by atoms with van der Waals surface area (Å²) in [6.45, 7) is 0. The van der Waals surface area contributed by atoms with E-state index in [4.69, 9.17) is 4.42 Å². The highest BCUT2D eigenvalue weighted by Crippen LogP contribution is 2.32. The Morgan fingerprint density at radius 3 is 2.90 bits per heavy atom. The molecule has 3 rings (SSSR count). The second-order valence-corrected chi connectivity index (χ2v) is 7.48. The summed E-state index contributed by atoms with van der Waals surface area (Å²) < 4.78 is 46.3. The lowest BCUT2D eigenvalue weighted by Crippen LogP contribution is -2.30. The average molecular weight is 374 g/mol. The highest BCUT2D eigenvalue weighted by atomic mass is 79.9. The molecule has 1 atom stereocenters. The summed E-state index contributed by atoms with van der Waals surface area (Å²) in [4.78, 5) is 0.0273. The van der Waals surface area contributed by atoms with E-state index < -0.39 is 15.8 Å². The van der Waals surface area contributed by atoms with Crippen molar-refractivity contribution in [3.63, 3.8) is 0 Å². The Balaban J connectivity index is 1.91. The summed E-state index contributed by atoms with van der Waals surface area (Å²) in [6.07, 6.45) is 3.97. The van der Waals surface area contributed by atoms with Crippen molar-refractivity contribution >= 4 is 26.0 Å².